The average molecular weight is 149 g/mol. The molecule has 1 fully saturated rings. The Morgan fingerprint density at radius 3 is 3.18 bits per heavy atom. The van der Waals surface area contributed by atoms with Gasteiger partial charge in [-0.05, 0) is 18.9 Å². The average Bonchev–Trinajstić information content (AvgIpc) is 2.63. The number of nitrogens with zero attached hydrogens (tertiary/aromatic N) is 1. The predicted octanol–water partition coefficient (Wildman–Crippen LogP) is 0.297. The molecule has 0 radical (unpaired) electrons. The zero-order valence-electron chi connectivity index (χ0n) is 6.30. The molecule has 3 aliphatic rings. The van der Waals surface area contributed by atoms with Crippen molar-refractivity contribution in [1.82, 2.24) is 15.8 Å². The molecule has 2 aliphatic heterocycles. The summed E-state index contributed by atoms with van der Waals surface area (Å²) >= 11 is 0. The van der Waals surface area contributed by atoms with Crippen LogP contribution in [-0.4, -0.2) is 17.1 Å². The van der Waals surface area contributed by atoms with E-state index in [-0.39, 0.29) is 0 Å². The van der Waals surface area contributed by atoms with E-state index in [1.54, 1.807) is 0 Å². The van der Waals surface area contributed by atoms with Crippen LogP contribution in [0.1, 0.15) is 12.8 Å². The molecule has 2 heterocycles. The Morgan fingerprint density at radius 2 is 2.36 bits per heavy atom. The summed E-state index contributed by atoms with van der Waals surface area (Å²) in [5.74, 6) is 0. The highest BCUT2D eigenvalue weighted by Gasteiger charge is 2.49. The lowest BCUT2D eigenvalue weighted by molar-refractivity contribution is 0.329. The fourth-order valence-electron chi connectivity index (χ4n) is 1.85. The molecule has 0 aromatic carbocycles. The van der Waals surface area contributed by atoms with Gasteiger partial charge in [-0.25, -0.2) is 5.43 Å². The van der Waals surface area contributed by atoms with Crippen LogP contribution >= 0.6 is 0 Å². The van der Waals surface area contributed by atoms with Gasteiger partial charge in [-0.15, -0.1) is 0 Å². The molecule has 0 aromatic heterocycles. The van der Waals surface area contributed by atoms with Gasteiger partial charge in [0.15, 0.2) is 0 Å². The molecule has 1 aliphatic carbocycles. The smallest absolute Gasteiger partial charge is 0.0785 e. The van der Waals surface area contributed by atoms with Gasteiger partial charge in [0.05, 0.1) is 11.2 Å². The molecule has 3 rings (SSSR count). The van der Waals surface area contributed by atoms with Crippen LogP contribution in [0.5, 0.6) is 0 Å². The fourth-order valence-corrected chi connectivity index (χ4v) is 1.85. The van der Waals surface area contributed by atoms with Crippen LogP contribution in [0.3, 0.4) is 0 Å². The Kier molecular flexibility index (Phi) is 0.829. The van der Waals surface area contributed by atoms with E-state index in [1.807, 2.05) is 12.4 Å². The molecule has 0 unspecified atom stereocenters. The van der Waals surface area contributed by atoms with Crippen LogP contribution in [0, 0.1) is 0 Å². The summed E-state index contributed by atoms with van der Waals surface area (Å²) in [6.07, 6.45) is 8.90. The predicted molar refractivity (Wildman–Crippen MR) is 42.2 cm³/mol. The van der Waals surface area contributed by atoms with Crippen LogP contribution < -0.4 is 10.7 Å². The van der Waals surface area contributed by atoms with E-state index >= 15 is 0 Å². The van der Waals surface area contributed by atoms with E-state index in [2.05, 4.69) is 21.8 Å². The number of nitrogens with one attached hydrogen (secondary N) is 2. The Morgan fingerprint density at radius 1 is 1.45 bits per heavy atom. The first-order valence-electron chi connectivity index (χ1n) is 4.09. The second-order valence-electron chi connectivity index (χ2n) is 3.36. The molecule has 0 amide bonds. The second-order valence-corrected chi connectivity index (χ2v) is 3.36. The molecule has 0 bridgehead atoms. The number of hydrogen-bond donors (Lipinski definition) is 2. The lowest BCUT2D eigenvalue weighted by atomic mass is 10.1. The van der Waals surface area contributed by atoms with Crippen molar-refractivity contribution in [3.05, 3.63) is 24.2 Å². The monoisotopic (exact) mass is 149 g/mol. The van der Waals surface area contributed by atoms with Gasteiger partial charge in [0.2, 0.25) is 0 Å². The summed E-state index contributed by atoms with van der Waals surface area (Å²) in [5, 5.41) is 5.54. The highest BCUT2D eigenvalue weighted by molar-refractivity contribution is 5.34. The van der Waals surface area contributed by atoms with E-state index < -0.39 is 0 Å². The van der Waals surface area contributed by atoms with Crippen molar-refractivity contribution in [3.8, 4) is 0 Å². The van der Waals surface area contributed by atoms with Crippen molar-refractivity contribution in [2.45, 2.75) is 18.4 Å². The van der Waals surface area contributed by atoms with Gasteiger partial charge in [0, 0.05) is 18.9 Å². The van der Waals surface area contributed by atoms with E-state index in [4.69, 9.17) is 0 Å². The molecule has 11 heavy (non-hydrogen) atoms. The van der Waals surface area contributed by atoms with Gasteiger partial charge in [-0.1, -0.05) is 0 Å². The lowest BCUT2D eigenvalue weighted by Gasteiger charge is -2.29. The second kappa shape index (κ2) is 1.61. The van der Waals surface area contributed by atoms with Crippen molar-refractivity contribution in [1.29, 1.82) is 0 Å². The van der Waals surface area contributed by atoms with Gasteiger partial charge < -0.3 is 5.32 Å². The van der Waals surface area contributed by atoms with Crippen molar-refractivity contribution in [3.63, 3.8) is 0 Å². The highest BCUT2D eigenvalue weighted by Crippen LogP contribution is 2.45. The quantitative estimate of drug-likeness (QED) is 0.518. The normalized spacial score (nSPS) is 29.8. The molecule has 1 saturated carbocycles. The summed E-state index contributed by atoms with van der Waals surface area (Å²) in [6, 6.07) is 0. The van der Waals surface area contributed by atoms with E-state index in [0.29, 0.717) is 5.54 Å². The zero-order chi connectivity index (χ0) is 7.31. The van der Waals surface area contributed by atoms with Crippen LogP contribution in [0.25, 0.3) is 0 Å². The topological polar surface area (TPSA) is 27.3 Å². The van der Waals surface area contributed by atoms with E-state index in [0.717, 1.165) is 6.54 Å². The maximum Gasteiger partial charge on any atom is 0.0785 e. The largest absolute Gasteiger partial charge is 0.379 e. The number of rotatable bonds is 0. The van der Waals surface area contributed by atoms with Crippen molar-refractivity contribution in [2.75, 3.05) is 6.54 Å². The Balaban J connectivity index is 2.04. The van der Waals surface area contributed by atoms with Gasteiger partial charge >= 0.3 is 0 Å². The maximum absolute atomic E-state index is 3.41. The standard InChI is InChI=1S/C8H11N3/c1-4-10-11-6-5-9-8(2-3-8)7(1)11/h1,5-6,9-10H,2-4H2. The third-order valence-corrected chi connectivity index (χ3v) is 2.64. The van der Waals surface area contributed by atoms with E-state index in [1.165, 1.54) is 18.5 Å². The van der Waals surface area contributed by atoms with Gasteiger partial charge in [0.25, 0.3) is 0 Å². The summed E-state index contributed by atoms with van der Waals surface area (Å²) in [4.78, 5) is 0. The first kappa shape index (κ1) is 5.66. The number of hydrogen-bond acceptors (Lipinski definition) is 3. The fraction of sp³-hybridized carbons (Fsp3) is 0.500. The Bertz CT molecular complexity index is 250. The zero-order valence-corrected chi connectivity index (χ0v) is 6.30. The lowest BCUT2D eigenvalue weighted by Crippen LogP contribution is -2.42. The molecule has 1 spiro atoms. The Labute approximate surface area is 65.7 Å². The van der Waals surface area contributed by atoms with Crippen LogP contribution in [0.4, 0.5) is 0 Å². The maximum atomic E-state index is 3.41. The van der Waals surface area contributed by atoms with Crippen molar-refractivity contribution >= 4 is 0 Å². The summed E-state index contributed by atoms with van der Waals surface area (Å²) < 4.78 is 0. The minimum Gasteiger partial charge on any atom is -0.379 e. The third-order valence-electron chi connectivity index (χ3n) is 2.64. The number of fused-ring (bicyclic) bond motifs is 2. The molecule has 0 saturated heterocycles. The first-order valence-corrected chi connectivity index (χ1v) is 4.09. The first-order chi connectivity index (χ1) is 5.41. The summed E-state index contributed by atoms with van der Waals surface area (Å²) in [5.41, 5.74) is 5.00. The minimum absolute atomic E-state index is 0.318. The van der Waals surface area contributed by atoms with Crippen LogP contribution in [0.15, 0.2) is 24.2 Å². The third kappa shape index (κ3) is 0.613. The molecule has 2 N–H and O–H groups in total. The Hall–Kier alpha value is -0.960. The van der Waals surface area contributed by atoms with Gasteiger partial charge in [-0.2, -0.15) is 0 Å². The number of hydrazine groups is 1. The molecule has 0 aromatic rings. The van der Waals surface area contributed by atoms with Gasteiger partial charge in [0.1, 0.15) is 0 Å². The molecule has 3 heteroatoms. The highest BCUT2D eigenvalue weighted by atomic mass is 15.5. The molecule has 3 nitrogen and oxygen atoms in total. The summed E-state index contributed by atoms with van der Waals surface area (Å²) in [7, 11) is 0. The van der Waals surface area contributed by atoms with Crippen molar-refractivity contribution in [2.24, 2.45) is 0 Å². The SMILES string of the molecule is C1=CN2NCC=C2C2(CC2)N1. The van der Waals surface area contributed by atoms with Crippen molar-refractivity contribution < 1.29 is 0 Å². The van der Waals surface area contributed by atoms with E-state index in [9.17, 15) is 0 Å². The van der Waals surface area contributed by atoms with Crippen LogP contribution in [-0.2, 0) is 0 Å². The van der Waals surface area contributed by atoms with Crippen LogP contribution in [0.2, 0.25) is 0 Å². The summed E-state index contributed by atoms with van der Waals surface area (Å²) in [6.45, 7) is 0.975. The molecular formula is C8H11N3. The molecule has 58 valence electrons. The minimum atomic E-state index is 0.318. The molecule has 0 atom stereocenters. The van der Waals surface area contributed by atoms with Gasteiger partial charge in [-0.3, -0.25) is 5.01 Å². The molecular weight excluding hydrogens is 138 g/mol.